The highest BCUT2D eigenvalue weighted by Gasteiger charge is 2.33. The first-order chi connectivity index (χ1) is 5.28. The van der Waals surface area contributed by atoms with Crippen molar-refractivity contribution in [3.8, 4) is 0 Å². The number of carbonyl (C=O) groups is 2. The predicted molar refractivity (Wildman–Crippen MR) is 45.1 cm³/mol. The van der Waals surface area contributed by atoms with E-state index in [2.05, 4.69) is 5.32 Å². The zero-order valence-electron chi connectivity index (χ0n) is 7.55. The molecule has 0 aromatic heterocycles. The molecular weight excluding hydrogens is 158 g/mol. The van der Waals surface area contributed by atoms with Crippen molar-refractivity contribution >= 4 is 11.8 Å². The Kier molecular flexibility index (Phi) is 3.21. The van der Waals surface area contributed by atoms with Gasteiger partial charge in [-0.3, -0.25) is 9.59 Å². The molecule has 0 heterocycles. The molecule has 0 radical (unpaired) electrons. The van der Waals surface area contributed by atoms with Crippen LogP contribution < -0.4 is 16.8 Å². The molecule has 2 amide bonds. The number of hydrogen-bond donors (Lipinski definition) is 3. The minimum atomic E-state index is -1.20. The number of rotatable bonds is 3. The van der Waals surface area contributed by atoms with Gasteiger partial charge in [0, 0.05) is 6.92 Å². The zero-order valence-corrected chi connectivity index (χ0v) is 7.55. The van der Waals surface area contributed by atoms with Crippen LogP contribution in [0.2, 0.25) is 0 Å². The van der Waals surface area contributed by atoms with Crippen molar-refractivity contribution in [2.45, 2.75) is 32.4 Å². The van der Waals surface area contributed by atoms with Crippen molar-refractivity contribution in [2.75, 3.05) is 0 Å². The summed E-state index contributed by atoms with van der Waals surface area (Å²) in [5.74, 6) is -0.871. The van der Waals surface area contributed by atoms with Crippen molar-refractivity contribution < 1.29 is 9.59 Å². The third-order valence-electron chi connectivity index (χ3n) is 1.85. The fraction of sp³-hybridized carbons (Fsp3) is 0.714. The van der Waals surface area contributed by atoms with Crippen LogP contribution in [0.1, 0.15) is 20.8 Å². The highest BCUT2D eigenvalue weighted by molar-refractivity contribution is 5.86. The molecule has 0 fully saturated rings. The fourth-order valence-electron chi connectivity index (χ4n) is 0.668. The second-order valence-electron chi connectivity index (χ2n) is 3.07. The van der Waals surface area contributed by atoms with Gasteiger partial charge in [-0.15, -0.1) is 0 Å². The van der Waals surface area contributed by atoms with E-state index in [9.17, 15) is 9.59 Å². The van der Waals surface area contributed by atoms with E-state index in [-0.39, 0.29) is 5.91 Å². The Balaban J connectivity index is 4.35. The van der Waals surface area contributed by atoms with Gasteiger partial charge in [-0.2, -0.15) is 0 Å². The standard InChI is InChI=1S/C7H15N3O2/c1-4(10-5(2)11)7(3,9)6(8)12/h4H,9H2,1-3H3,(H2,8,12)(H,10,11). The molecule has 0 spiro atoms. The van der Waals surface area contributed by atoms with E-state index in [0.29, 0.717) is 0 Å². The summed E-state index contributed by atoms with van der Waals surface area (Å²) in [6.45, 7) is 4.47. The molecule has 0 rings (SSSR count). The van der Waals surface area contributed by atoms with Crippen LogP contribution in [-0.2, 0) is 9.59 Å². The third kappa shape index (κ3) is 2.50. The summed E-state index contributed by atoms with van der Waals surface area (Å²) in [6, 6.07) is -0.465. The van der Waals surface area contributed by atoms with Gasteiger partial charge in [0.2, 0.25) is 11.8 Å². The molecule has 0 saturated heterocycles. The number of nitrogens with two attached hydrogens (primary N) is 2. The first kappa shape index (κ1) is 10.9. The van der Waals surface area contributed by atoms with E-state index in [1.807, 2.05) is 0 Å². The molecule has 12 heavy (non-hydrogen) atoms. The summed E-state index contributed by atoms with van der Waals surface area (Å²) in [5.41, 5.74) is 9.39. The molecule has 2 atom stereocenters. The predicted octanol–water partition coefficient (Wildman–Crippen LogP) is -1.29. The molecule has 5 N–H and O–H groups in total. The Morgan fingerprint density at radius 3 is 2.17 bits per heavy atom. The van der Waals surface area contributed by atoms with Gasteiger partial charge in [0.05, 0.1) is 6.04 Å². The van der Waals surface area contributed by atoms with Crippen LogP contribution in [0.15, 0.2) is 0 Å². The van der Waals surface area contributed by atoms with Gasteiger partial charge in [0.25, 0.3) is 0 Å². The van der Waals surface area contributed by atoms with Gasteiger partial charge in [-0.25, -0.2) is 0 Å². The third-order valence-corrected chi connectivity index (χ3v) is 1.85. The molecule has 0 aliphatic rings. The van der Waals surface area contributed by atoms with Crippen LogP contribution in [0.4, 0.5) is 0 Å². The van der Waals surface area contributed by atoms with Gasteiger partial charge in [-0.05, 0) is 13.8 Å². The lowest BCUT2D eigenvalue weighted by molar-refractivity contribution is -0.124. The number of amides is 2. The molecule has 0 bridgehead atoms. The van der Waals surface area contributed by atoms with Crippen LogP contribution in [0, 0.1) is 0 Å². The van der Waals surface area contributed by atoms with Gasteiger partial charge in [0.1, 0.15) is 5.54 Å². The number of carbonyl (C=O) groups excluding carboxylic acids is 2. The Bertz CT molecular complexity index is 201. The van der Waals surface area contributed by atoms with E-state index in [1.165, 1.54) is 13.8 Å². The lowest BCUT2D eigenvalue weighted by Gasteiger charge is -2.28. The maximum absolute atomic E-state index is 10.8. The maximum atomic E-state index is 10.8. The Hall–Kier alpha value is -1.10. The van der Waals surface area contributed by atoms with Crippen molar-refractivity contribution in [3.05, 3.63) is 0 Å². The second kappa shape index (κ2) is 3.53. The SMILES string of the molecule is CC(=O)NC(C)C(C)(N)C(N)=O. The first-order valence-electron chi connectivity index (χ1n) is 3.64. The average Bonchev–Trinajstić information content (AvgIpc) is 1.85. The topological polar surface area (TPSA) is 98.2 Å². The smallest absolute Gasteiger partial charge is 0.239 e. The number of hydrogen-bond acceptors (Lipinski definition) is 3. The summed E-state index contributed by atoms with van der Waals surface area (Å²) in [6.07, 6.45) is 0. The van der Waals surface area contributed by atoms with E-state index < -0.39 is 17.5 Å². The van der Waals surface area contributed by atoms with Crippen LogP contribution in [-0.4, -0.2) is 23.4 Å². The van der Waals surface area contributed by atoms with E-state index in [1.54, 1.807) is 6.92 Å². The van der Waals surface area contributed by atoms with Crippen LogP contribution in [0.3, 0.4) is 0 Å². The fourth-order valence-corrected chi connectivity index (χ4v) is 0.668. The number of primary amides is 1. The van der Waals surface area contributed by atoms with Crippen molar-refractivity contribution in [2.24, 2.45) is 11.5 Å². The van der Waals surface area contributed by atoms with E-state index in [0.717, 1.165) is 0 Å². The summed E-state index contributed by atoms with van der Waals surface area (Å²) in [4.78, 5) is 21.4. The van der Waals surface area contributed by atoms with Crippen LogP contribution in [0.25, 0.3) is 0 Å². The van der Waals surface area contributed by atoms with Crippen molar-refractivity contribution in [1.29, 1.82) is 0 Å². The highest BCUT2D eigenvalue weighted by Crippen LogP contribution is 2.04. The molecule has 0 saturated carbocycles. The molecule has 0 aromatic carbocycles. The summed E-state index contributed by atoms with van der Waals surface area (Å²) >= 11 is 0. The molecule has 2 unspecified atom stereocenters. The molecule has 0 aromatic rings. The van der Waals surface area contributed by atoms with Crippen LogP contribution >= 0.6 is 0 Å². The normalized spacial score (nSPS) is 17.7. The van der Waals surface area contributed by atoms with Crippen LogP contribution in [0.5, 0.6) is 0 Å². The summed E-state index contributed by atoms with van der Waals surface area (Å²) in [7, 11) is 0. The Labute approximate surface area is 71.5 Å². The highest BCUT2D eigenvalue weighted by atomic mass is 16.2. The lowest BCUT2D eigenvalue weighted by Crippen LogP contribution is -2.62. The zero-order chi connectivity index (χ0) is 9.94. The average molecular weight is 173 g/mol. The van der Waals surface area contributed by atoms with Gasteiger partial charge >= 0.3 is 0 Å². The van der Waals surface area contributed by atoms with Gasteiger partial charge in [-0.1, -0.05) is 0 Å². The Morgan fingerprint density at radius 1 is 1.50 bits per heavy atom. The maximum Gasteiger partial charge on any atom is 0.239 e. The molecular formula is C7H15N3O2. The first-order valence-corrected chi connectivity index (χ1v) is 3.64. The number of nitrogens with one attached hydrogen (secondary N) is 1. The molecule has 0 aliphatic heterocycles. The van der Waals surface area contributed by atoms with Crippen molar-refractivity contribution in [1.82, 2.24) is 5.32 Å². The molecule has 5 heteroatoms. The quantitative estimate of drug-likeness (QED) is 0.495. The Morgan fingerprint density at radius 2 is 1.92 bits per heavy atom. The minimum Gasteiger partial charge on any atom is -0.368 e. The summed E-state index contributed by atoms with van der Waals surface area (Å²) < 4.78 is 0. The molecule has 0 aliphatic carbocycles. The van der Waals surface area contributed by atoms with Gasteiger partial charge in [0.15, 0.2) is 0 Å². The van der Waals surface area contributed by atoms with Gasteiger partial charge < -0.3 is 16.8 Å². The van der Waals surface area contributed by atoms with E-state index >= 15 is 0 Å². The molecule has 5 nitrogen and oxygen atoms in total. The second-order valence-corrected chi connectivity index (χ2v) is 3.07. The summed E-state index contributed by atoms with van der Waals surface area (Å²) in [5, 5.41) is 2.50. The largest absolute Gasteiger partial charge is 0.368 e. The molecule has 70 valence electrons. The monoisotopic (exact) mass is 173 g/mol. The minimum absolute atomic E-state index is 0.236. The lowest BCUT2D eigenvalue weighted by atomic mass is 9.94. The van der Waals surface area contributed by atoms with Crippen molar-refractivity contribution in [3.63, 3.8) is 0 Å². The van der Waals surface area contributed by atoms with E-state index in [4.69, 9.17) is 11.5 Å².